The Morgan fingerprint density at radius 2 is 2.33 bits per heavy atom. The highest BCUT2D eigenvalue weighted by molar-refractivity contribution is 6.32. The van der Waals surface area contributed by atoms with Crippen molar-refractivity contribution in [3.05, 3.63) is 22.9 Å². The Balaban J connectivity index is 1.87. The van der Waals surface area contributed by atoms with E-state index in [1.807, 2.05) is 6.08 Å². The standard InChI is InChI=1S/C13H21ClN2O2/c1-18-6-2-3-12-7-10(8-15-11-4-5-11)13(14)9-16(12)17/h7,9,11-12,15,17H,2-6,8H2,1H3. The summed E-state index contributed by atoms with van der Waals surface area (Å²) in [6.45, 7) is 1.50. The van der Waals surface area contributed by atoms with Crippen molar-refractivity contribution in [1.29, 1.82) is 0 Å². The van der Waals surface area contributed by atoms with Crippen LogP contribution in [0.3, 0.4) is 0 Å². The topological polar surface area (TPSA) is 44.7 Å². The SMILES string of the molecule is COCCCC1C=C(CNC2CC2)C(Cl)=CN1O. The maximum atomic E-state index is 9.81. The molecule has 1 aliphatic carbocycles. The molecule has 0 aromatic carbocycles. The molecule has 18 heavy (non-hydrogen) atoms. The van der Waals surface area contributed by atoms with E-state index in [2.05, 4.69) is 5.32 Å². The summed E-state index contributed by atoms with van der Waals surface area (Å²) in [6, 6.07) is 0.660. The smallest absolute Gasteiger partial charge is 0.0744 e. The third-order valence-corrected chi connectivity index (χ3v) is 3.63. The minimum atomic E-state index is -0.00125. The summed E-state index contributed by atoms with van der Waals surface area (Å²) < 4.78 is 5.03. The second-order valence-corrected chi connectivity index (χ2v) is 5.31. The molecule has 2 rings (SSSR count). The minimum Gasteiger partial charge on any atom is -0.385 e. The summed E-state index contributed by atoms with van der Waals surface area (Å²) in [7, 11) is 1.69. The number of methoxy groups -OCH3 is 1. The first-order valence-electron chi connectivity index (χ1n) is 6.48. The van der Waals surface area contributed by atoms with Crippen LogP contribution in [-0.2, 0) is 4.74 Å². The third kappa shape index (κ3) is 3.99. The molecule has 0 bridgehead atoms. The second kappa shape index (κ2) is 6.57. The predicted octanol–water partition coefficient (Wildman–Crippen LogP) is 2.25. The number of nitrogens with one attached hydrogen (secondary N) is 1. The molecule has 5 heteroatoms. The Morgan fingerprint density at radius 1 is 1.56 bits per heavy atom. The number of hydrogen-bond donors (Lipinski definition) is 2. The van der Waals surface area contributed by atoms with E-state index in [0.717, 1.165) is 25.0 Å². The second-order valence-electron chi connectivity index (χ2n) is 4.91. The average Bonchev–Trinajstić information content (AvgIpc) is 3.14. The molecule has 0 saturated heterocycles. The van der Waals surface area contributed by atoms with Gasteiger partial charge in [-0.2, -0.15) is 0 Å². The van der Waals surface area contributed by atoms with E-state index in [1.165, 1.54) is 17.9 Å². The van der Waals surface area contributed by atoms with Crippen LogP contribution < -0.4 is 5.32 Å². The van der Waals surface area contributed by atoms with Crippen molar-refractivity contribution in [3.8, 4) is 0 Å². The number of rotatable bonds is 7. The first kappa shape index (κ1) is 13.9. The van der Waals surface area contributed by atoms with E-state index in [4.69, 9.17) is 16.3 Å². The summed E-state index contributed by atoms with van der Waals surface area (Å²) in [5.41, 5.74) is 1.08. The summed E-state index contributed by atoms with van der Waals surface area (Å²) in [5.74, 6) is 0. The number of nitrogens with zero attached hydrogens (tertiary/aromatic N) is 1. The lowest BCUT2D eigenvalue weighted by Gasteiger charge is -2.27. The Hall–Kier alpha value is -0.550. The molecular formula is C13H21ClN2O2. The van der Waals surface area contributed by atoms with Gasteiger partial charge in [0.05, 0.1) is 11.1 Å². The molecule has 0 aromatic heterocycles. The van der Waals surface area contributed by atoms with Crippen LogP contribution in [0.2, 0.25) is 0 Å². The van der Waals surface area contributed by atoms with E-state index < -0.39 is 0 Å². The van der Waals surface area contributed by atoms with Gasteiger partial charge in [0.2, 0.25) is 0 Å². The zero-order chi connectivity index (χ0) is 13.0. The maximum Gasteiger partial charge on any atom is 0.0744 e. The fourth-order valence-electron chi connectivity index (χ4n) is 2.02. The van der Waals surface area contributed by atoms with E-state index in [-0.39, 0.29) is 6.04 Å². The molecule has 1 atom stereocenters. The highest BCUT2D eigenvalue weighted by Crippen LogP contribution is 2.26. The largest absolute Gasteiger partial charge is 0.385 e. The molecule has 1 unspecified atom stereocenters. The Bertz CT molecular complexity index is 340. The van der Waals surface area contributed by atoms with Gasteiger partial charge in [0.25, 0.3) is 0 Å². The van der Waals surface area contributed by atoms with Gasteiger partial charge in [0.1, 0.15) is 0 Å². The van der Waals surface area contributed by atoms with Crippen molar-refractivity contribution in [3.63, 3.8) is 0 Å². The minimum absolute atomic E-state index is 0.00125. The van der Waals surface area contributed by atoms with Crippen molar-refractivity contribution in [2.24, 2.45) is 0 Å². The fraction of sp³-hybridized carbons (Fsp3) is 0.692. The molecule has 2 aliphatic rings. The highest BCUT2D eigenvalue weighted by atomic mass is 35.5. The first-order chi connectivity index (χ1) is 8.70. The molecule has 0 aromatic rings. The van der Waals surface area contributed by atoms with Crippen molar-refractivity contribution in [1.82, 2.24) is 10.4 Å². The van der Waals surface area contributed by atoms with Gasteiger partial charge in [-0.1, -0.05) is 17.7 Å². The molecular weight excluding hydrogens is 252 g/mol. The van der Waals surface area contributed by atoms with Crippen molar-refractivity contribution < 1.29 is 9.94 Å². The Morgan fingerprint density at radius 3 is 3.00 bits per heavy atom. The maximum absolute atomic E-state index is 9.81. The lowest BCUT2D eigenvalue weighted by molar-refractivity contribution is -0.0697. The van der Waals surface area contributed by atoms with Crippen LogP contribution in [0.4, 0.5) is 0 Å². The van der Waals surface area contributed by atoms with E-state index in [1.54, 1.807) is 13.3 Å². The van der Waals surface area contributed by atoms with Crippen LogP contribution in [0.1, 0.15) is 25.7 Å². The summed E-state index contributed by atoms with van der Waals surface area (Å²) in [5, 5.41) is 15.1. The molecule has 2 N–H and O–H groups in total. The molecule has 0 radical (unpaired) electrons. The van der Waals surface area contributed by atoms with Crippen LogP contribution in [-0.4, -0.2) is 42.6 Å². The predicted molar refractivity (Wildman–Crippen MR) is 71.6 cm³/mol. The molecule has 0 amide bonds. The van der Waals surface area contributed by atoms with Gasteiger partial charge < -0.3 is 10.1 Å². The van der Waals surface area contributed by atoms with Crippen molar-refractivity contribution in [2.75, 3.05) is 20.3 Å². The Kier molecular flexibility index (Phi) is 5.06. The number of hydrogen-bond acceptors (Lipinski definition) is 4. The number of ether oxygens (including phenoxy) is 1. The van der Waals surface area contributed by atoms with Crippen molar-refractivity contribution >= 4 is 11.6 Å². The van der Waals surface area contributed by atoms with Gasteiger partial charge >= 0.3 is 0 Å². The van der Waals surface area contributed by atoms with E-state index >= 15 is 0 Å². The summed E-state index contributed by atoms with van der Waals surface area (Å²) >= 11 is 6.13. The van der Waals surface area contributed by atoms with Gasteiger partial charge in [0, 0.05) is 32.5 Å². The van der Waals surface area contributed by atoms with Gasteiger partial charge in [-0.3, -0.25) is 10.3 Å². The van der Waals surface area contributed by atoms with Crippen LogP contribution in [0.5, 0.6) is 0 Å². The van der Waals surface area contributed by atoms with Gasteiger partial charge in [-0.15, -0.1) is 0 Å². The van der Waals surface area contributed by atoms with Crippen LogP contribution in [0, 0.1) is 0 Å². The highest BCUT2D eigenvalue weighted by Gasteiger charge is 2.23. The zero-order valence-corrected chi connectivity index (χ0v) is 11.5. The quantitative estimate of drug-likeness (QED) is 0.698. The van der Waals surface area contributed by atoms with Gasteiger partial charge in [-0.25, -0.2) is 0 Å². The molecule has 1 saturated carbocycles. The molecule has 102 valence electrons. The van der Waals surface area contributed by atoms with E-state index in [0.29, 0.717) is 17.7 Å². The van der Waals surface area contributed by atoms with Crippen LogP contribution in [0.25, 0.3) is 0 Å². The molecule has 4 nitrogen and oxygen atoms in total. The monoisotopic (exact) mass is 272 g/mol. The van der Waals surface area contributed by atoms with Gasteiger partial charge in [0.15, 0.2) is 0 Å². The first-order valence-corrected chi connectivity index (χ1v) is 6.86. The van der Waals surface area contributed by atoms with E-state index in [9.17, 15) is 5.21 Å². The zero-order valence-electron chi connectivity index (χ0n) is 10.7. The van der Waals surface area contributed by atoms with Gasteiger partial charge in [-0.05, 0) is 31.3 Å². The third-order valence-electron chi connectivity index (χ3n) is 3.29. The normalized spacial score (nSPS) is 23.9. The molecule has 1 aliphatic heterocycles. The Labute approximate surface area is 113 Å². The summed E-state index contributed by atoms with van der Waals surface area (Å²) in [4.78, 5) is 0. The molecule has 1 heterocycles. The lowest BCUT2D eigenvalue weighted by Crippen LogP contribution is -2.31. The van der Waals surface area contributed by atoms with Crippen LogP contribution in [0.15, 0.2) is 22.9 Å². The number of hydroxylamine groups is 2. The molecule has 1 fully saturated rings. The summed E-state index contributed by atoms with van der Waals surface area (Å²) in [6.07, 6.45) is 7.95. The van der Waals surface area contributed by atoms with Crippen LogP contribution >= 0.6 is 11.6 Å². The number of halogens is 1. The average molecular weight is 273 g/mol. The lowest BCUT2D eigenvalue weighted by atomic mass is 10.0. The van der Waals surface area contributed by atoms with Crippen molar-refractivity contribution in [2.45, 2.75) is 37.8 Å². The molecule has 0 spiro atoms. The fourth-order valence-corrected chi connectivity index (χ4v) is 2.25.